The number of amides is 2. The minimum absolute atomic E-state index is 0.0640. The van der Waals surface area contributed by atoms with Gasteiger partial charge in [-0.25, -0.2) is 0 Å². The third-order valence-corrected chi connectivity index (χ3v) is 6.01. The largest absolute Gasteiger partial charge is 0.340 e. The van der Waals surface area contributed by atoms with Crippen molar-refractivity contribution in [2.24, 2.45) is 5.92 Å². The lowest BCUT2D eigenvalue weighted by Crippen LogP contribution is -2.52. The van der Waals surface area contributed by atoms with Crippen molar-refractivity contribution in [3.63, 3.8) is 0 Å². The van der Waals surface area contributed by atoms with Gasteiger partial charge in [0.05, 0.1) is 5.92 Å². The van der Waals surface area contributed by atoms with Crippen LogP contribution < -0.4 is 4.90 Å². The first-order valence-corrected chi connectivity index (χ1v) is 9.60. The highest BCUT2D eigenvalue weighted by Gasteiger charge is 2.38. The van der Waals surface area contributed by atoms with E-state index in [0.717, 1.165) is 37.9 Å². The van der Waals surface area contributed by atoms with Crippen LogP contribution in [0.3, 0.4) is 0 Å². The number of hydrogen-bond acceptors (Lipinski definition) is 3. The number of carbonyl (C=O) groups excluding carboxylic acids is 2. The molecule has 0 bridgehead atoms. The van der Waals surface area contributed by atoms with Gasteiger partial charge in [0.2, 0.25) is 11.8 Å². The summed E-state index contributed by atoms with van der Waals surface area (Å²) in [6.45, 7) is 4.11. The summed E-state index contributed by atoms with van der Waals surface area (Å²) in [6, 6.07) is 10.4. The molecule has 1 saturated carbocycles. The van der Waals surface area contributed by atoms with Crippen LogP contribution >= 0.6 is 0 Å². The molecule has 134 valence electrons. The highest BCUT2D eigenvalue weighted by molar-refractivity contribution is 6.00. The predicted molar refractivity (Wildman–Crippen MR) is 97.3 cm³/mol. The topological polar surface area (TPSA) is 43.9 Å². The number of rotatable bonds is 3. The smallest absolute Gasteiger partial charge is 0.228 e. The van der Waals surface area contributed by atoms with E-state index in [0.29, 0.717) is 13.0 Å². The summed E-state index contributed by atoms with van der Waals surface area (Å²) in [5, 5.41) is 0. The Bertz CT molecular complexity index is 619. The molecule has 1 atom stereocenters. The maximum Gasteiger partial charge on any atom is 0.228 e. The summed E-state index contributed by atoms with van der Waals surface area (Å²) in [5.74, 6) is 0.0396. The van der Waals surface area contributed by atoms with Gasteiger partial charge in [0.1, 0.15) is 0 Å². The first-order valence-electron chi connectivity index (χ1n) is 9.60. The molecule has 25 heavy (non-hydrogen) atoms. The standard InChI is InChI=1S/C20H27N3O2/c24-19-14-16(15-23(19)18-8-2-1-3-9-18)20(25)22-12-10-21(11-13-22)17-6-4-5-7-17/h1-3,8-9,16-17H,4-7,10-15H2/t16-/m0/s1. The molecule has 1 aromatic carbocycles. The van der Waals surface area contributed by atoms with E-state index in [9.17, 15) is 9.59 Å². The molecule has 4 rings (SSSR count). The van der Waals surface area contributed by atoms with Gasteiger partial charge < -0.3 is 9.80 Å². The normalized spacial score (nSPS) is 25.8. The van der Waals surface area contributed by atoms with Crippen LogP contribution in [0.1, 0.15) is 32.1 Å². The molecule has 0 unspecified atom stereocenters. The fraction of sp³-hybridized carbons (Fsp3) is 0.600. The summed E-state index contributed by atoms with van der Waals surface area (Å²) in [6.07, 6.45) is 5.68. The number of piperazine rings is 1. The zero-order valence-corrected chi connectivity index (χ0v) is 14.8. The molecule has 5 nitrogen and oxygen atoms in total. The van der Waals surface area contributed by atoms with Crippen molar-refractivity contribution in [3.05, 3.63) is 30.3 Å². The van der Waals surface area contributed by atoms with Gasteiger partial charge in [0.25, 0.3) is 0 Å². The SMILES string of the molecule is O=C([C@H]1CC(=O)N(c2ccccc2)C1)N1CCN(C2CCCC2)CC1. The van der Waals surface area contributed by atoms with Crippen LogP contribution in [0, 0.1) is 5.92 Å². The molecule has 0 N–H and O–H groups in total. The van der Waals surface area contributed by atoms with E-state index in [1.165, 1.54) is 25.7 Å². The van der Waals surface area contributed by atoms with E-state index >= 15 is 0 Å². The van der Waals surface area contributed by atoms with E-state index in [2.05, 4.69) is 4.90 Å². The van der Waals surface area contributed by atoms with Gasteiger partial charge in [-0.15, -0.1) is 0 Å². The Balaban J connectivity index is 1.34. The minimum Gasteiger partial charge on any atom is -0.340 e. The Morgan fingerprint density at radius 3 is 2.32 bits per heavy atom. The van der Waals surface area contributed by atoms with Gasteiger partial charge in [-0.1, -0.05) is 31.0 Å². The molecule has 0 radical (unpaired) electrons. The number of hydrogen-bond donors (Lipinski definition) is 0. The Kier molecular flexibility index (Phi) is 4.75. The first-order chi connectivity index (χ1) is 12.2. The highest BCUT2D eigenvalue weighted by atomic mass is 16.2. The summed E-state index contributed by atoms with van der Waals surface area (Å²) < 4.78 is 0. The number of para-hydroxylation sites is 1. The Morgan fingerprint density at radius 2 is 1.64 bits per heavy atom. The fourth-order valence-electron chi connectivity index (χ4n) is 4.57. The van der Waals surface area contributed by atoms with Crippen molar-refractivity contribution >= 4 is 17.5 Å². The maximum atomic E-state index is 12.9. The van der Waals surface area contributed by atoms with Crippen molar-refractivity contribution in [2.45, 2.75) is 38.1 Å². The van der Waals surface area contributed by atoms with Crippen LogP contribution in [0.15, 0.2) is 30.3 Å². The zero-order chi connectivity index (χ0) is 17.2. The number of anilines is 1. The van der Waals surface area contributed by atoms with E-state index < -0.39 is 0 Å². The second-order valence-electron chi connectivity index (χ2n) is 7.54. The molecule has 2 saturated heterocycles. The molecule has 5 heteroatoms. The molecule has 1 aliphatic carbocycles. The van der Waals surface area contributed by atoms with Gasteiger partial charge in [0, 0.05) is 50.9 Å². The molecule has 1 aromatic rings. The molecule has 2 amide bonds. The number of benzene rings is 1. The second kappa shape index (κ2) is 7.16. The summed E-state index contributed by atoms with van der Waals surface area (Å²) in [5.41, 5.74) is 0.897. The zero-order valence-electron chi connectivity index (χ0n) is 14.8. The third-order valence-electron chi connectivity index (χ3n) is 6.01. The minimum atomic E-state index is -0.189. The molecule has 2 heterocycles. The van der Waals surface area contributed by atoms with Crippen LogP contribution in [0.25, 0.3) is 0 Å². The summed E-state index contributed by atoms with van der Waals surface area (Å²) in [4.78, 5) is 31.5. The Hall–Kier alpha value is -1.88. The van der Waals surface area contributed by atoms with E-state index in [4.69, 9.17) is 0 Å². The van der Waals surface area contributed by atoms with Crippen molar-refractivity contribution in [1.29, 1.82) is 0 Å². The Morgan fingerprint density at radius 1 is 0.960 bits per heavy atom. The second-order valence-corrected chi connectivity index (χ2v) is 7.54. The van der Waals surface area contributed by atoms with Crippen molar-refractivity contribution in [3.8, 4) is 0 Å². The van der Waals surface area contributed by atoms with E-state index in [-0.39, 0.29) is 17.7 Å². The van der Waals surface area contributed by atoms with Gasteiger partial charge in [-0.3, -0.25) is 14.5 Å². The predicted octanol–water partition coefficient (Wildman–Crippen LogP) is 2.13. The molecular formula is C20H27N3O2. The van der Waals surface area contributed by atoms with Crippen LogP contribution in [0.4, 0.5) is 5.69 Å². The Labute approximate surface area is 149 Å². The summed E-state index contributed by atoms with van der Waals surface area (Å²) in [7, 11) is 0. The lowest BCUT2D eigenvalue weighted by Gasteiger charge is -2.38. The highest BCUT2D eigenvalue weighted by Crippen LogP contribution is 2.28. The van der Waals surface area contributed by atoms with Crippen LogP contribution in [-0.2, 0) is 9.59 Å². The number of carbonyl (C=O) groups is 2. The first kappa shape index (κ1) is 16.6. The lowest BCUT2D eigenvalue weighted by molar-refractivity contribution is -0.137. The van der Waals surface area contributed by atoms with Crippen LogP contribution in [0.5, 0.6) is 0 Å². The molecule has 2 aliphatic heterocycles. The van der Waals surface area contributed by atoms with Crippen LogP contribution in [-0.4, -0.2) is 60.4 Å². The quantitative estimate of drug-likeness (QED) is 0.846. The molecule has 0 aromatic heterocycles. The van der Waals surface area contributed by atoms with Crippen molar-refractivity contribution in [2.75, 3.05) is 37.6 Å². The molecular weight excluding hydrogens is 314 g/mol. The summed E-state index contributed by atoms with van der Waals surface area (Å²) >= 11 is 0. The van der Waals surface area contributed by atoms with Gasteiger partial charge in [-0.05, 0) is 25.0 Å². The number of nitrogens with zero attached hydrogens (tertiary/aromatic N) is 3. The van der Waals surface area contributed by atoms with Gasteiger partial charge in [0.15, 0.2) is 0 Å². The van der Waals surface area contributed by atoms with E-state index in [1.807, 2.05) is 35.2 Å². The molecule has 0 spiro atoms. The fourth-order valence-corrected chi connectivity index (χ4v) is 4.57. The average Bonchev–Trinajstić information content (AvgIpc) is 3.32. The molecule has 3 fully saturated rings. The van der Waals surface area contributed by atoms with Crippen LogP contribution in [0.2, 0.25) is 0 Å². The van der Waals surface area contributed by atoms with Gasteiger partial charge >= 0.3 is 0 Å². The average molecular weight is 341 g/mol. The van der Waals surface area contributed by atoms with Crippen molar-refractivity contribution in [1.82, 2.24) is 9.80 Å². The maximum absolute atomic E-state index is 12.9. The van der Waals surface area contributed by atoms with E-state index in [1.54, 1.807) is 4.90 Å². The lowest BCUT2D eigenvalue weighted by atomic mass is 10.1. The van der Waals surface area contributed by atoms with Crippen molar-refractivity contribution < 1.29 is 9.59 Å². The van der Waals surface area contributed by atoms with Gasteiger partial charge in [-0.2, -0.15) is 0 Å². The third kappa shape index (κ3) is 3.43. The monoisotopic (exact) mass is 341 g/mol. The molecule has 3 aliphatic rings.